The first kappa shape index (κ1) is 17.9. The van der Waals surface area contributed by atoms with E-state index in [-0.39, 0.29) is 0 Å². The molecule has 1 aromatic carbocycles. The van der Waals surface area contributed by atoms with E-state index in [1.54, 1.807) is 25.7 Å². The van der Waals surface area contributed by atoms with Crippen molar-refractivity contribution in [2.24, 2.45) is 0 Å². The van der Waals surface area contributed by atoms with Gasteiger partial charge in [-0.1, -0.05) is 12.1 Å². The second kappa shape index (κ2) is 9.58. The van der Waals surface area contributed by atoms with Crippen LogP contribution >= 0.6 is 0 Å². The average molecular weight is 352 g/mol. The van der Waals surface area contributed by atoms with Crippen molar-refractivity contribution in [3.05, 3.63) is 72.3 Å². The van der Waals surface area contributed by atoms with E-state index in [9.17, 15) is 0 Å². The van der Waals surface area contributed by atoms with Crippen LogP contribution < -0.4 is 14.8 Å². The van der Waals surface area contributed by atoms with Gasteiger partial charge in [-0.15, -0.1) is 0 Å². The van der Waals surface area contributed by atoms with Gasteiger partial charge in [0.1, 0.15) is 6.61 Å². The quantitative estimate of drug-likeness (QED) is 0.568. The molecule has 2 aromatic heterocycles. The van der Waals surface area contributed by atoms with Gasteiger partial charge in [-0.25, -0.2) is 0 Å². The Hall–Kier alpha value is -2.86. The predicted molar refractivity (Wildman–Crippen MR) is 100 cm³/mol. The van der Waals surface area contributed by atoms with Crippen molar-refractivity contribution in [3.8, 4) is 11.5 Å². The molecule has 3 aromatic rings. The lowest BCUT2D eigenvalue weighted by molar-refractivity contribution is 0.283. The van der Waals surface area contributed by atoms with E-state index in [4.69, 9.17) is 9.47 Å². The van der Waals surface area contributed by atoms with Gasteiger partial charge in [-0.3, -0.25) is 9.67 Å². The number of aryl methyl sites for hydroxylation is 1. The highest BCUT2D eigenvalue weighted by atomic mass is 16.5. The summed E-state index contributed by atoms with van der Waals surface area (Å²) in [6.07, 6.45) is 8.37. The molecule has 0 saturated carbocycles. The molecule has 1 N–H and O–H groups in total. The Bertz CT molecular complexity index is 776. The molecule has 0 amide bonds. The van der Waals surface area contributed by atoms with Gasteiger partial charge in [0.05, 0.1) is 7.11 Å². The van der Waals surface area contributed by atoms with E-state index in [2.05, 4.69) is 21.5 Å². The summed E-state index contributed by atoms with van der Waals surface area (Å²) >= 11 is 0. The van der Waals surface area contributed by atoms with Gasteiger partial charge in [-0.2, -0.15) is 5.10 Å². The van der Waals surface area contributed by atoms with E-state index in [0.717, 1.165) is 48.7 Å². The summed E-state index contributed by atoms with van der Waals surface area (Å²) in [5.41, 5.74) is 2.18. The third kappa shape index (κ3) is 5.32. The first-order valence-corrected chi connectivity index (χ1v) is 8.72. The SMILES string of the molecule is COc1ccc(CNCCCn2cccn2)cc1OCc1cccnc1. The van der Waals surface area contributed by atoms with Crippen molar-refractivity contribution in [2.45, 2.75) is 26.1 Å². The van der Waals surface area contributed by atoms with Gasteiger partial charge in [0.2, 0.25) is 0 Å². The average Bonchev–Trinajstić information content (AvgIpc) is 3.20. The second-order valence-electron chi connectivity index (χ2n) is 5.93. The van der Waals surface area contributed by atoms with Gasteiger partial charge in [-0.05, 0) is 42.8 Å². The first-order chi connectivity index (χ1) is 12.8. The topological polar surface area (TPSA) is 61.2 Å². The number of benzene rings is 1. The number of methoxy groups -OCH3 is 1. The lowest BCUT2D eigenvalue weighted by atomic mass is 10.2. The van der Waals surface area contributed by atoms with Gasteiger partial charge in [0.25, 0.3) is 0 Å². The van der Waals surface area contributed by atoms with Crippen LogP contribution in [0.3, 0.4) is 0 Å². The lowest BCUT2D eigenvalue weighted by Gasteiger charge is -2.13. The standard InChI is InChI=1S/C20H24N4O2/c1-25-19-7-6-17(14-22-9-3-11-24-12-4-10-23-24)13-20(19)26-16-18-5-2-8-21-15-18/h2,4-8,10,12-13,15,22H,3,9,11,14,16H2,1H3. The molecule has 136 valence electrons. The molecule has 0 spiro atoms. The van der Waals surface area contributed by atoms with Crippen LogP contribution in [0, 0.1) is 0 Å². The molecule has 2 heterocycles. The van der Waals surface area contributed by atoms with Crippen LogP contribution in [0.5, 0.6) is 11.5 Å². The number of rotatable bonds is 10. The molecular weight excluding hydrogens is 328 g/mol. The zero-order chi connectivity index (χ0) is 18.0. The van der Waals surface area contributed by atoms with Gasteiger partial charge < -0.3 is 14.8 Å². The maximum absolute atomic E-state index is 5.93. The van der Waals surface area contributed by atoms with Crippen molar-refractivity contribution in [1.82, 2.24) is 20.1 Å². The first-order valence-electron chi connectivity index (χ1n) is 8.72. The van der Waals surface area contributed by atoms with Crippen LogP contribution in [0.2, 0.25) is 0 Å². The molecule has 26 heavy (non-hydrogen) atoms. The number of nitrogens with one attached hydrogen (secondary N) is 1. The van der Waals surface area contributed by atoms with Crippen LogP contribution in [0.1, 0.15) is 17.5 Å². The third-order valence-electron chi connectivity index (χ3n) is 3.97. The van der Waals surface area contributed by atoms with Crippen LogP contribution in [0.15, 0.2) is 61.2 Å². The number of hydrogen-bond donors (Lipinski definition) is 1. The molecular formula is C20H24N4O2. The molecule has 0 unspecified atom stereocenters. The van der Waals surface area contributed by atoms with Crippen molar-refractivity contribution >= 4 is 0 Å². The molecule has 0 saturated heterocycles. The highest BCUT2D eigenvalue weighted by molar-refractivity contribution is 5.43. The molecule has 0 bridgehead atoms. The molecule has 6 heteroatoms. The summed E-state index contributed by atoms with van der Waals surface area (Å²) < 4.78 is 13.3. The normalized spacial score (nSPS) is 10.7. The fourth-order valence-corrected chi connectivity index (χ4v) is 2.62. The lowest BCUT2D eigenvalue weighted by Crippen LogP contribution is -2.16. The van der Waals surface area contributed by atoms with Crippen molar-refractivity contribution < 1.29 is 9.47 Å². The Balaban J connectivity index is 1.49. The summed E-state index contributed by atoms with van der Waals surface area (Å²) in [5, 5.41) is 7.66. The van der Waals surface area contributed by atoms with Gasteiger partial charge in [0, 0.05) is 43.4 Å². The Kier molecular flexibility index (Phi) is 6.61. The maximum atomic E-state index is 5.93. The molecule has 0 atom stereocenters. The fraction of sp³-hybridized carbons (Fsp3) is 0.300. The zero-order valence-corrected chi connectivity index (χ0v) is 15.0. The number of hydrogen-bond acceptors (Lipinski definition) is 5. The van der Waals surface area contributed by atoms with Crippen LogP contribution in [-0.4, -0.2) is 28.4 Å². The van der Waals surface area contributed by atoms with E-state index in [1.807, 2.05) is 41.2 Å². The van der Waals surface area contributed by atoms with E-state index >= 15 is 0 Å². The number of pyridine rings is 1. The van der Waals surface area contributed by atoms with E-state index < -0.39 is 0 Å². The monoisotopic (exact) mass is 352 g/mol. The number of nitrogens with zero attached hydrogens (tertiary/aromatic N) is 3. The van der Waals surface area contributed by atoms with Gasteiger partial charge in [0.15, 0.2) is 11.5 Å². The van der Waals surface area contributed by atoms with Crippen LogP contribution in [0.4, 0.5) is 0 Å². The van der Waals surface area contributed by atoms with Crippen molar-refractivity contribution in [3.63, 3.8) is 0 Å². The Morgan fingerprint density at radius 3 is 2.81 bits per heavy atom. The summed E-state index contributed by atoms with van der Waals surface area (Å²) in [6.45, 7) is 3.09. The third-order valence-corrected chi connectivity index (χ3v) is 3.97. The highest BCUT2D eigenvalue weighted by Crippen LogP contribution is 2.28. The molecule has 0 aliphatic carbocycles. The number of ether oxygens (including phenoxy) is 2. The van der Waals surface area contributed by atoms with Gasteiger partial charge >= 0.3 is 0 Å². The molecule has 3 rings (SSSR count). The fourth-order valence-electron chi connectivity index (χ4n) is 2.62. The minimum absolute atomic E-state index is 0.463. The largest absolute Gasteiger partial charge is 0.493 e. The molecule has 0 aliphatic rings. The Morgan fingerprint density at radius 2 is 2.04 bits per heavy atom. The van der Waals surface area contributed by atoms with Crippen LogP contribution in [0.25, 0.3) is 0 Å². The Labute approximate surface area is 153 Å². The predicted octanol–water partition coefficient (Wildman–Crippen LogP) is 3.05. The summed E-state index contributed by atoms with van der Waals surface area (Å²) in [5.74, 6) is 1.48. The molecule has 0 fully saturated rings. The smallest absolute Gasteiger partial charge is 0.161 e. The highest BCUT2D eigenvalue weighted by Gasteiger charge is 2.06. The van der Waals surface area contributed by atoms with E-state index in [0.29, 0.717) is 6.61 Å². The molecule has 0 aliphatic heterocycles. The summed E-state index contributed by atoms with van der Waals surface area (Å²) in [4.78, 5) is 4.11. The van der Waals surface area contributed by atoms with Crippen molar-refractivity contribution in [2.75, 3.05) is 13.7 Å². The minimum Gasteiger partial charge on any atom is -0.493 e. The Morgan fingerprint density at radius 1 is 1.08 bits per heavy atom. The number of aromatic nitrogens is 3. The second-order valence-corrected chi connectivity index (χ2v) is 5.93. The molecule has 6 nitrogen and oxygen atoms in total. The summed E-state index contributed by atoms with van der Waals surface area (Å²) in [7, 11) is 1.65. The minimum atomic E-state index is 0.463. The van der Waals surface area contributed by atoms with Crippen molar-refractivity contribution in [1.29, 1.82) is 0 Å². The molecule has 0 radical (unpaired) electrons. The maximum Gasteiger partial charge on any atom is 0.161 e. The van der Waals surface area contributed by atoms with E-state index in [1.165, 1.54) is 0 Å². The summed E-state index contributed by atoms with van der Waals surface area (Å²) in [6, 6.07) is 11.9. The zero-order valence-electron chi connectivity index (χ0n) is 15.0. The van der Waals surface area contributed by atoms with Crippen LogP contribution in [-0.2, 0) is 19.7 Å².